The average Bonchev–Trinajstić information content (AvgIpc) is 2.79. The van der Waals surface area contributed by atoms with Crippen LogP contribution < -0.4 is 10.5 Å². The highest BCUT2D eigenvalue weighted by molar-refractivity contribution is 7.91. The molecule has 1 aromatic heterocycles. The Labute approximate surface area is 198 Å². The molecule has 6 nitrogen and oxygen atoms in total. The summed E-state index contributed by atoms with van der Waals surface area (Å²) in [5, 5.41) is 0.248. The van der Waals surface area contributed by atoms with Crippen molar-refractivity contribution in [1.82, 2.24) is 9.97 Å². The number of hydrogen-bond donors (Lipinski definition) is 1. The minimum Gasteiger partial charge on any atom is -0.457 e. The van der Waals surface area contributed by atoms with Crippen molar-refractivity contribution in [3.8, 4) is 22.8 Å². The van der Waals surface area contributed by atoms with E-state index in [0.717, 1.165) is 6.07 Å². The van der Waals surface area contributed by atoms with E-state index in [1.54, 1.807) is 13.0 Å². The summed E-state index contributed by atoms with van der Waals surface area (Å²) in [4.78, 5) is 8.62. The van der Waals surface area contributed by atoms with Crippen molar-refractivity contribution >= 4 is 32.5 Å². The van der Waals surface area contributed by atoms with Gasteiger partial charge in [-0.15, -0.1) is 0 Å². The highest BCUT2D eigenvalue weighted by Gasteiger charge is 2.33. The van der Waals surface area contributed by atoms with E-state index in [9.17, 15) is 21.6 Å². The highest BCUT2D eigenvalue weighted by atomic mass is 35.5. The minimum absolute atomic E-state index is 0.0571. The molecule has 0 saturated heterocycles. The molecule has 0 atom stereocenters. The summed E-state index contributed by atoms with van der Waals surface area (Å²) >= 11 is 6.35. The van der Waals surface area contributed by atoms with Crippen LogP contribution in [0.2, 0.25) is 5.02 Å². The first-order valence-electron chi connectivity index (χ1n) is 9.85. The summed E-state index contributed by atoms with van der Waals surface area (Å²) in [7, 11) is -3.56. The Morgan fingerprint density at radius 2 is 1.68 bits per heavy atom. The number of nitrogens with two attached hydrogens (primary N) is 1. The van der Waals surface area contributed by atoms with Gasteiger partial charge < -0.3 is 10.5 Å². The summed E-state index contributed by atoms with van der Waals surface area (Å²) in [5.74, 6) is 0.139. The van der Waals surface area contributed by atoms with Gasteiger partial charge in [0.1, 0.15) is 22.9 Å². The van der Waals surface area contributed by atoms with Crippen LogP contribution in [0.3, 0.4) is 0 Å². The zero-order valence-electron chi connectivity index (χ0n) is 17.6. The SMILES string of the molecule is Cc1nc2cccc(C(F)(F)F)c2nc1-c1cc(Oc2ccc(S(=O)(=O)CN)cc2)ccc1Cl. The maximum Gasteiger partial charge on any atom is 0.418 e. The molecule has 2 N–H and O–H groups in total. The summed E-state index contributed by atoms with van der Waals surface area (Å²) in [5.41, 5.74) is 5.12. The Hall–Kier alpha value is -3.21. The molecule has 0 fully saturated rings. The van der Waals surface area contributed by atoms with E-state index < -0.39 is 27.5 Å². The smallest absolute Gasteiger partial charge is 0.418 e. The molecule has 0 aliphatic heterocycles. The van der Waals surface area contributed by atoms with Gasteiger partial charge in [0.25, 0.3) is 0 Å². The maximum absolute atomic E-state index is 13.5. The quantitative estimate of drug-likeness (QED) is 0.369. The second-order valence-corrected chi connectivity index (χ2v) is 9.77. The molecule has 0 bridgehead atoms. The molecule has 0 amide bonds. The number of hydrogen-bond acceptors (Lipinski definition) is 6. The van der Waals surface area contributed by atoms with E-state index in [-0.39, 0.29) is 26.6 Å². The van der Waals surface area contributed by atoms with Crippen LogP contribution in [-0.2, 0) is 16.0 Å². The van der Waals surface area contributed by atoms with E-state index in [2.05, 4.69) is 9.97 Å². The Kier molecular flexibility index (Phi) is 6.24. The van der Waals surface area contributed by atoms with Crippen LogP contribution in [0.15, 0.2) is 65.6 Å². The number of nitrogens with zero attached hydrogens (tertiary/aromatic N) is 2. The molecule has 4 aromatic rings. The molecule has 0 radical (unpaired) electrons. The maximum atomic E-state index is 13.5. The van der Waals surface area contributed by atoms with Gasteiger partial charge in [0.05, 0.1) is 32.4 Å². The van der Waals surface area contributed by atoms with E-state index in [1.807, 2.05) is 0 Å². The van der Waals surface area contributed by atoms with E-state index in [4.69, 9.17) is 22.1 Å². The molecule has 11 heteroatoms. The molecule has 0 aliphatic rings. The van der Waals surface area contributed by atoms with Crippen molar-refractivity contribution in [1.29, 1.82) is 0 Å². The Balaban J connectivity index is 1.75. The van der Waals surface area contributed by atoms with Crippen molar-refractivity contribution in [2.24, 2.45) is 5.73 Å². The molecule has 0 saturated carbocycles. The van der Waals surface area contributed by atoms with Crippen LogP contribution in [0.25, 0.3) is 22.3 Å². The highest BCUT2D eigenvalue weighted by Crippen LogP contribution is 2.37. The number of para-hydroxylation sites is 1. The Bertz CT molecular complexity index is 1490. The summed E-state index contributed by atoms with van der Waals surface area (Å²) in [6.45, 7) is 1.63. The average molecular weight is 508 g/mol. The second kappa shape index (κ2) is 8.86. The lowest BCUT2D eigenvalue weighted by Crippen LogP contribution is -2.14. The fraction of sp³-hybridized carbons (Fsp3) is 0.130. The normalized spacial score (nSPS) is 12.2. The molecule has 176 valence electrons. The number of halogens is 4. The standard InChI is InChI=1S/C23H17ClF3N3O3S/c1-13-21(30-22-18(23(25,26)27)3-2-4-20(22)29-13)17-11-15(7-10-19(17)24)33-14-5-8-16(9-6-14)34(31,32)12-28/h2-11H,12,28H2,1H3. The fourth-order valence-electron chi connectivity index (χ4n) is 3.35. The van der Waals surface area contributed by atoms with Crippen LogP contribution >= 0.6 is 11.6 Å². The first kappa shape index (κ1) is 23.9. The van der Waals surface area contributed by atoms with Gasteiger partial charge in [0.15, 0.2) is 9.84 Å². The van der Waals surface area contributed by atoms with Gasteiger partial charge in [-0.3, -0.25) is 0 Å². The summed E-state index contributed by atoms with van der Waals surface area (Å²) < 4.78 is 70.0. The molecular formula is C23H17ClF3N3O3S. The van der Waals surface area contributed by atoms with E-state index in [0.29, 0.717) is 22.8 Å². The molecule has 0 aliphatic carbocycles. The van der Waals surface area contributed by atoms with Gasteiger partial charge in [0.2, 0.25) is 0 Å². The lowest BCUT2D eigenvalue weighted by atomic mass is 10.1. The molecule has 1 heterocycles. The van der Waals surface area contributed by atoms with Gasteiger partial charge in [-0.2, -0.15) is 13.2 Å². The third-order valence-corrected chi connectivity index (χ3v) is 6.76. The van der Waals surface area contributed by atoms with Crippen molar-refractivity contribution in [3.63, 3.8) is 0 Å². The zero-order chi connectivity index (χ0) is 24.7. The van der Waals surface area contributed by atoms with Gasteiger partial charge in [-0.25, -0.2) is 18.4 Å². The van der Waals surface area contributed by atoms with Gasteiger partial charge in [-0.1, -0.05) is 17.7 Å². The number of fused-ring (bicyclic) bond motifs is 1. The van der Waals surface area contributed by atoms with Crippen LogP contribution in [0.5, 0.6) is 11.5 Å². The number of sulfone groups is 1. The molecule has 34 heavy (non-hydrogen) atoms. The van der Waals surface area contributed by atoms with Crippen molar-refractivity contribution in [2.75, 3.05) is 5.88 Å². The minimum atomic E-state index is -4.60. The topological polar surface area (TPSA) is 95.2 Å². The Morgan fingerprint density at radius 3 is 2.32 bits per heavy atom. The third kappa shape index (κ3) is 4.70. The second-order valence-electron chi connectivity index (χ2n) is 7.33. The Morgan fingerprint density at radius 1 is 1.00 bits per heavy atom. The van der Waals surface area contributed by atoms with Gasteiger partial charge in [0, 0.05) is 5.56 Å². The predicted molar refractivity (Wildman–Crippen MR) is 122 cm³/mol. The fourth-order valence-corrected chi connectivity index (χ4v) is 4.30. The lowest BCUT2D eigenvalue weighted by Gasteiger charge is -2.14. The lowest BCUT2D eigenvalue weighted by molar-refractivity contribution is -0.136. The molecule has 0 spiro atoms. The predicted octanol–water partition coefficient (Wildman–Crippen LogP) is 5.76. The molecule has 3 aromatic carbocycles. The van der Waals surface area contributed by atoms with Gasteiger partial charge in [-0.05, 0) is 61.5 Å². The first-order chi connectivity index (χ1) is 16.0. The summed E-state index contributed by atoms with van der Waals surface area (Å²) in [6.07, 6.45) is -4.60. The van der Waals surface area contributed by atoms with Crippen molar-refractivity contribution in [3.05, 3.63) is 76.9 Å². The number of ether oxygens (including phenoxy) is 1. The van der Waals surface area contributed by atoms with Crippen molar-refractivity contribution < 1.29 is 26.3 Å². The number of benzene rings is 3. The van der Waals surface area contributed by atoms with Crippen molar-refractivity contribution in [2.45, 2.75) is 18.0 Å². The third-order valence-electron chi connectivity index (χ3n) is 5.01. The zero-order valence-corrected chi connectivity index (χ0v) is 19.2. The van der Waals surface area contributed by atoms with Crippen LogP contribution in [0, 0.1) is 6.92 Å². The van der Waals surface area contributed by atoms with E-state index in [1.165, 1.54) is 48.5 Å². The molecular weight excluding hydrogens is 491 g/mol. The van der Waals surface area contributed by atoms with Crippen LogP contribution in [0.1, 0.15) is 11.3 Å². The number of rotatable bonds is 5. The number of aromatic nitrogens is 2. The molecule has 0 unspecified atom stereocenters. The van der Waals surface area contributed by atoms with Crippen LogP contribution in [-0.4, -0.2) is 24.3 Å². The largest absolute Gasteiger partial charge is 0.457 e. The first-order valence-corrected chi connectivity index (χ1v) is 11.9. The van der Waals surface area contributed by atoms with E-state index >= 15 is 0 Å². The summed E-state index contributed by atoms with van der Waals surface area (Å²) in [6, 6.07) is 14.0. The van der Waals surface area contributed by atoms with Gasteiger partial charge >= 0.3 is 6.18 Å². The number of aryl methyl sites for hydroxylation is 1. The number of alkyl halides is 3. The monoisotopic (exact) mass is 507 g/mol. The van der Waals surface area contributed by atoms with Crippen LogP contribution in [0.4, 0.5) is 13.2 Å². The molecule has 4 rings (SSSR count).